The van der Waals surface area contributed by atoms with Crippen molar-refractivity contribution in [1.29, 1.82) is 0 Å². The van der Waals surface area contributed by atoms with Crippen molar-refractivity contribution < 1.29 is 24.2 Å². The first kappa shape index (κ1) is 23.4. The number of carbonyl (C=O) groups is 3. The van der Waals surface area contributed by atoms with Crippen molar-refractivity contribution in [2.45, 2.75) is 38.5 Å². The van der Waals surface area contributed by atoms with Gasteiger partial charge in [0.15, 0.2) is 0 Å². The molecule has 1 aliphatic heterocycles. The third-order valence-electron chi connectivity index (χ3n) is 7.94. The summed E-state index contributed by atoms with van der Waals surface area (Å²) in [5.41, 5.74) is 3.89. The lowest BCUT2D eigenvalue weighted by atomic mass is 9.83. The minimum absolute atomic E-state index is 0.0104. The Bertz CT molecular complexity index is 1100. The molecule has 184 valence electrons. The molecule has 35 heavy (non-hydrogen) atoms. The number of aliphatic carboxylic acids is 1. The summed E-state index contributed by atoms with van der Waals surface area (Å²) in [6, 6.07) is 16.4. The molecular formula is C28H32N2O5. The Balaban J connectivity index is 1.10. The molecule has 2 aliphatic carbocycles. The second-order valence-corrected chi connectivity index (χ2v) is 10.2. The zero-order valence-electron chi connectivity index (χ0n) is 20.0. The number of carboxylic acids is 1. The molecule has 2 fully saturated rings. The molecule has 0 spiro atoms. The van der Waals surface area contributed by atoms with Gasteiger partial charge in [0.25, 0.3) is 0 Å². The Morgan fingerprint density at radius 2 is 1.74 bits per heavy atom. The van der Waals surface area contributed by atoms with Crippen LogP contribution in [-0.2, 0) is 14.3 Å². The topological polar surface area (TPSA) is 95.9 Å². The number of rotatable bonds is 8. The van der Waals surface area contributed by atoms with E-state index >= 15 is 0 Å². The van der Waals surface area contributed by atoms with Crippen molar-refractivity contribution in [3.63, 3.8) is 0 Å². The van der Waals surface area contributed by atoms with Crippen LogP contribution in [0.5, 0.6) is 0 Å². The van der Waals surface area contributed by atoms with Gasteiger partial charge >= 0.3 is 12.1 Å². The van der Waals surface area contributed by atoms with Crippen LogP contribution in [0.2, 0.25) is 0 Å². The number of hydrogen-bond donors (Lipinski definition) is 2. The van der Waals surface area contributed by atoms with Crippen LogP contribution in [0, 0.1) is 17.3 Å². The van der Waals surface area contributed by atoms with E-state index in [0.717, 1.165) is 6.42 Å². The van der Waals surface area contributed by atoms with Crippen LogP contribution >= 0.6 is 0 Å². The number of fused-ring (bicyclic) bond motifs is 3. The third kappa shape index (κ3) is 4.40. The summed E-state index contributed by atoms with van der Waals surface area (Å²) in [4.78, 5) is 38.8. The Morgan fingerprint density at radius 3 is 2.37 bits per heavy atom. The summed E-state index contributed by atoms with van der Waals surface area (Å²) in [5, 5.41) is 12.5. The van der Waals surface area contributed by atoms with Crippen LogP contribution in [0.25, 0.3) is 11.1 Å². The normalized spacial score (nSPS) is 24.5. The fourth-order valence-corrected chi connectivity index (χ4v) is 5.90. The highest BCUT2D eigenvalue weighted by molar-refractivity contribution is 5.84. The Morgan fingerprint density at radius 1 is 1.09 bits per heavy atom. The summed E-state index contributed by atoms with van der Waals surface area (Å²) in [6.45, 7) is 3.41. The summed E-state index contributed by atoms with van der Waals surface area (Å²) in [6.07, 6.45) is 2.12. The second kappa shape index (κ2) is 9.36. The van der Waals surface area contributed by atoms with E-state index in [-0.39, 0.29) is 36.8 Å². The van der Waals surface area contributed by atoms with Crippen LogP contribution < -0.4 is 5.32 Å². The number of likely N-dealkylation sites (tertiary alicyclic amines) is 1. The maximum Gasteiger partial charge on any atom is 0.407 e. The highest BCUT2D eigenvalue weighted by Gasteiger charge is 2.50. The fraction of sp³-hybridized carbons (Fsp3) is 0.464. The maximum atomic E-state index is 12.9. The molecule has 2 amide bonds. The largest absolute Gasteiger partial charge is 0.481 e. The highest BCUT2D eigenvalue weighted by Crippen LogP contribution is 2.45. The number of hydrogen-bond acceptors (Lipinski definition) is 4. The van der Waals surface area contributed by atoms with Crippen molar-refractivity contribution in [1.82, 2.24) is 10.2 Å². The van der Waals surface area contributed by atoms with Crippen LogP contribution in [0.4, 0.5) is 4.79 Å². The van der Waals surface area contributed by atoms with Crippen LogP contribution in [0.15, 0.2) is 48.5 Å². The van der Waals surface area contributed by atoms with Gasteiger partial charge in [0.2, 0.25) is 5.91 Å². The zero-order valence-corrected chi connectivity index (χ0v) is 20.0. The highest BCUT2D eigenvalue weighted by atomic mass is 16.5. The lowest BCUT2D eigenvalue weighted by Gasteiger charge is -2.24. The van der Waals surface area contributed by atoms with E-state index in [2.05, 4.69) is 29.6 Å². The third-order valence-corrected chi connectivity index (χ3v) is 7.94. The molecule has 1 heterocycles. The van der Waals surface area contributed by atoms with Gasteiger partial charge in [-0.15, -0.1) is 0 Å². The van der Waals surface area contributed by atoms with E-state index in [4.69, 9.17) is 4.74 Å². The Kier molecular flexibility index (Phi) is 6.26. The van der Waals surface area contributed by atoms with E-state index in [1.165, 1.54) is 22.3 Å². The molecule has 3 atom stereocenters. The molecular weight excluding hydrogens is 444 g/mol. The molecule has 5 rings (SSSR count). The smallest absolute Gasteiger partial charge is 0.407 e. The van der Waals surface area contributed by atoms with Gasteiger partial charge in [0.05, 0.1) is 5.41 Å². The number of nitrogens with one attached hydrogen (secondary N) is 1. The second-order valence-electron chi connectivity index (χ2n) is 10.2. The quantitative estimate of drug-likeness (QED) is 0.593. The van der Waals surface area contributed by atoms with Gasteiger partial charge in [-0.1, -0.05) is 61.9 Å². The maximum absolute atomic E-state index is 12.9. The van der Waals surface area contributed by atoms with Gasteiger partial charge in [-0.2, -0.15) is 0 Å². The average Bonchev–Trinajstić information content (AvgIpc) is 3.40. The monoisotopic (exact) mass is 476 g/mol. The first-order chi connectivity index (χ1) is 16.9. The standard InChI is InChI=1S/C28H32N2O5/c1-2-11-28(26(32)33)12-13-30(17-28)25(31)23-14-18(23)15-29-27(34)35-16-24-21-9-5-3-7-19(21)20-8-4-6-10-22(20)24/h3-10,18,23-24H,2,11-17H2,1H3,(H,29,34)(H,32,33)/t18-,23-,28?/m0/s1. The minimum atomic E-state index is -0.811. The lowest BCUT2D eigenvalue weighted by molar-refractivity contribution is -0.149. The number of benzene rings is 2. The number of alkyl carbamates (subject to hydrolysis) is 1. The average molecular weight is 477 g/mol. The summed E-state index contributed by atoms with van der Waals surface area (Å²) < 4.78 is 5.58. The number of carboxylic acid groups (broad SMARTS) is 1. The van der Waals surface area contributed by atoms with E-state index in [1.54, 1.807) is 4.90 Å². The van der Waals surface area contributed by atoms with Gasteiger partial charge in [0, 0.05) is 31.5 Å². The molecule has 7 nitrogen and oxygen atoms in total. The zero-order chi connectivity index (χ0) is 24.6. The van der Waals surface area contributed by atoms with E-state index < -0.39 is 17.5 Å². The van der Waals surface area contributed by atoms with Crippen LogP contribution in [0.3, 0.4) is 0 Å². The minimum Gasteiger partial charge on any atom is -0.481 e. The summed E-state index contributed by atoms with van der Waals surface area (Å²) in [7, 11) is 0. The van der Waals surface area contributed by atoms with Gasteiger partial charge < -0.3 is 20.1 Å². The molecule has 2 N–H and O–H groups in total. The van der Waals surface area contributed by atoms with Crippen molar-refractivity contribution in [3.05, 3.63) is 59.7 Å². The van der Waals surface area contributed by atoms with Crippen molar-refractivity contribution in [2.24, 2.45) is 17.3 Å². The number of ether oxygens (including phenoxy) is 1. The Hall–Kier alpha value is -3.35. The van der Waals surface area contributed by atoms with Crippen molar-refractivity contribution in [3.8, 4) is 11.1 Å². The predicted molar refractivity (Wildman–Crippen MR) is 131 cm³/mol. The molecule has 1 saturated heterocycles. The molecule has 1 unspecified atom stereocenters. The van der Waals surface area contributed by atoms with E-state index in [0.29, 0.717) is 32.4 Å². The number of nitrogens with zero attached hydrogens (tertiary/aromatic N) is 1. The van der Waals surface area contributed by atoms with E-state index in [9.17, 15) is 19.5 Å². The number of carbonyl (C=O) groups excluding carboxylic acids is 2. The van der Waals surface area contributed by atoms with Crippen LogP contribution in [-0.4, -0.2) is 54.2 Å². The van der Waals surface area contributed by atoms with E-state index in [1.807, 2.05) is 31.2 Å². The Labute approximate surface area is 205 Å². The van der Waals surface area contributed by atoms with Crippen molar-refractivity contribution in [2.75, 3.05) is 26.2 Å². The molecule has 0 aromatic heterocycles. The molecule has 0 radical (unpaired) electrons. The first-order valence-corrected chi connectivity index (χ1v) is 12.5. The SMILES string of the molecule is CCCC1(C(=O)O)CCN(C(=O)[C@H]2C[C@H]2CNC(=O)OCC2c3ccccc3-c3ccccc32)C1. The molecule has 7 heteroatoms. The predicted octanol–water partition coefficient (Wildman–Crippen LogP) is 4.26. The first-order valence-electron chi connectivity index (χ1n) is 12.5. The van der Waals surface area contributed by atoms with Crippen LogP contribution in [0.1, 0.15) is 49.7 Å². The van der Waals surface area contributed by atoms with Gasteiger partial charge in [0.1, 0.15) is 6.61 Å². The van der Waals surface area contributed by atoms with Gasteiger partial charge in [-0.25, -0.2) is 4.79 Å². The molecule has 2 aromatic rings. The summed E-state index contributed by atoms with van der Waals surface area (Å²) >= 11 is 0. The van der Waals surface area contributed by atoms with Crippen molar-refractivity contribution >= 4 is 18.0 Å². The molecule has 1 saturated carbocycles. The lowest BCUT2D eigenvalue weighted by Crippen LogP contribution is -2.38. The molecule has 2 aromatic carbocycles. The fourth-order valence-electron chi connectivity index (χ4n) is 5.90. The van der Waals surface area contributed by atoms with Gasteiger partial charge in [-0.3, -0.25) is 9.59 Å². The number of amides is 2. The summed E-state index contributed by atoms with van der Waals surface area (Å²) in [5.74, 6) is -0.845. The molecule has 3 aliphatic rings. The van der Waals surface area contributed by atoms with Gasteiger partial charge in [-0.05, 0) is 47.4 Å². The molecule has 0 bridgehead atoms.